The van der Waals surface area contributed by atoms with Gasteiger partial charge in [0.05, 0.1) is 16.6 Å². The van der Waals surface area contributed by atoms with E-state index in [0.29, 0.717) is 16.8 Å². The van der Waals surface area contributed by atoms with Crippen molar-refractivity contribution in [3.63, 3.8) is 0 Å². The molecule has 8 heteroatoms. The number of halogens is 3. The highest BCUT2D eigenvalue weighted by Gasteiger charge is 2.18. The fourth-order valence-corrected chi connectivity index (χ4v) is 2.89. The molecule has 0 radical (unpaired) electrons. The SMILES string of the molecule is Cc1ccc(Cn2cc(Br)c(NC(=O)c3ccccc3OC(F)F)n2)cc1. The van der Waals surface area contributed by atoms with Gasteiger partial charge in [0.15, 0.2) is 5.82 Å². The van der Waals surface area contributed by atoms with Gasteiger partial charge in [-0.05, 0) is 40.5 Å². The van der Waals surface area contributed by atoms with Crippen LogP contribution in [0.1, 0.15) is 21.5 Å². The molecule has 27 heavy (non-hydrogen) atoms. The van der Waals surface area contributed by atoms with E-state index in [4.69, 9.17) is 0 Å². The minimum absolute atomic E-state index is 0.00205. The van der Waals surface area contributed by atoms with E-state index in [1.54, 1.807) is 16.9 Å². The van der Waals surface area contributed by atoms with E-state index in [9.17, 15) is 13.6 Å². The van der Waals surface area contributed by atoms with Crippen molar-refractivity contribution < 1.29 is 18.3 Å². The van der Waals surface area contributed by atoms with E-state index >= 15 is 0 Å². The molecule has 1 aromatic heterocycles. The Hall–Kier alpha value is -2.74. The maximum atomic E-state index is 12.5. The van der Waals surface area contributed by atoms with Gasteiger partial charge in [0.25, 0.3) is 5.91 Å². The molecule has 1 amide bonds. The quantitative estimate of drug-likeness (QED) is 0.601. The normalized spacial score (nSPS) is 10.9. The van der Waals surface area contributed by atoms with Crippen LogP contribution in [0.3, 0.4) is 0 Å². The third-order valence-electron chi connectivity index (χ3n) is 3.76. The minimum atomic E-state index is -3.01. The van der Waals surface area contributed by atoms with Crippen molar-refractivity contribution in [2.75, 3.05) is 5.32 Å². The van der Waals surface area contributed by atoms with Gasteiger partial charge in [-0.25, -0.2) is 0 Å². The summed E-state index contributed by atoms with van der Waals surface area (Å²) < 4.78 is 31.7. The highest BCUT2D eigenvalue weighted by Crippen LogP contribution is 2.25. The minimum Gasteiger partial charge on any atom is -0.434 e. The second-order valence-electron chi connectivity index (χ2n) is 5.84. The maximum Gasteiger partial charge on any atom is 0.387 e. The molecule has 0 unspecified atom stereocenters. The lowest BCUT2D eigenvalue weighted by molar-refractivity contribution is -0.0501. The predicted molar refractivity (Wildman–Crippen MR) is 101 cm³/mol. The molecule has 0 bridgehead atoms. The number of hydrogen-bond acceptors (Lipinski definition) is 3. The Balaban J connectivity index is 1.75. The van der Waals surface area contributed by atoms with Crippen LogP contribution in [0.4, 0.5) is 14.6 Å². The van der Waals surface area contributed by atoms with Crippen LogP contribution in [-0.2, 0) is 6.54 Å². The van der Waals surface area contributed by atoms with Gasteiger partial charge in [-0.15, -0.1) is 0 Å². The molecular formula is C19H16BrF2N3O2. The Morgan fingerprint density at radius 2 is 1.93 bits per heavy atom. The first-order valence-electron chi connectivity index (χ1n) is 8.06. The van der Waals surface area contributed by atoms with Crippen molar-refractivity contribution in [1.29, 1.82) is 0 Å². The standard InChI is InChI=1S/C19H16BrF2N3O2/c1-12-6-8-13(9-7-12)10-25-11-15(20)17(24-25)23-18(26)14-4-2-3-5-16(14)27-19(21)22/h2-9,11,19H,10H2,1H3,(H,23,24,26). The number of rotatable bonds is 6. The summed E-state index contributed by atoms with van der Waals surface area (Å²) in [4.78, 5) is 12.5. The van der Waals surface area contributed by atoms with E-state index in [1.165, 1.54) is 18.2 Å². The molecule has 5 nitrogen and oxygen atoms in total. The van der Waals surface area contributed by atoms with Gasteiger partial charge >= 0.3 is 6.61 Å². The first-order valence-corrected chi connectivity index (χ1v) is 8.85. The molecule has 0 aliphatic heterocycles. The number of amides is 1. The molecule has 2 aromatic carbocycles. The number of anilines is 1. The number of aromatic nitrogens is 2. The number of alkyl halides is 2. The van der Waals surface area contributed by atoms with Crippen LogP contribution < -0.4 is 10.1 Å². The lowest BCUT2D eigenvalue weighted by atomic mass is 10.1. The number of hydrogen-bond donors (Lipinski definition) is 1. The van der Waals surface area contributed by atoms with Crippen LogP contribution in [0.25, 0.3) is 0 Å². The fraction of sp³-hybridized carbons (Fsp3) is 0.158. The van der Waals surface area contributed by atoms with Crippen molar-refractivity contribution in [1.82, 2.24) is 9.78 Å². The monoisotopic (exact) mass is 435 g/mol. The van der Waals surface area contributed by atoms with Gasteiger partial charge in [-0.2, -0.15) is 13.9 Å². The van der Waals surface area contributed by atoms with Crippen LogP contribution in [0, 0.1) is 6.92 Å². The van der Waals surface area contributed by atoms with Gasteiger partial charge in [-0.3, -0.25) is 9.48 Å². The number of para-hydroxylation sites is 1. The molecule has 3 aromatic rings. The molecular weight excluding hydrogens is 420 g/mol. The van der Waals surface area contributed by atoms with Crippen molar-refractivity contribution in [3.05, 3.63) is 75.9 Å². The molecule has 0 saturated carbocycles. The Kier molecular flexibility index (Phi) is 5.85. The first kappa shape index (κ1) is 19.0. The van der Waals surface area contributed by atoms with Crippen LogP contribution >= 0.6 is 15.9 Å². The van der Waals surface area contributed by atoms with E-state index in [0.717, 1.165) is 11.1 Å². The smallest absolute Gasteiger partial charge is 0.387 e. The fourth-order valence-electron chi connectivity index (χ4n) is 2.47. The van der Waals surface area contributed by atoms with Crippen molar-refractivity contribution in [3.8, 4) is 5.75 Å². The molecule has 0 aliphatic rings. The van der Waals surface area contributed by atoms with Gasteiger partial charge in [0.2, 0.25) is 0 Å². The Labute approximate surface area is 163 Å². The van der Waals surface area contributed by atoms with Crippen LogP contribution in [0.2, 0.25) is 0 Å². The summed E-state index contributed by atoms with van der Waals surface area (Å²) in [5, 5.41) is 6.95. The second-order valence-corrected chi connectivity index (χ2v) is 6.69. The first-order chi connectivity index (χ1) is 12.9. The van der Waals surface area contributed by atoms with Crippen LogP contribution in [0.5, 0.6) is 5.75 Å². The summed E-state index contributed by atoms with van der Waals surface area (Å²) in [6.07, 6.45) is 1.73. The van der Waals surface area contributed by atoms with Crippen molar-refractivity contribution in [2.45, 2.75) is 20.1 Å². The zero-order chi connectivity index (χ0) is 19.4. The summed E-state index contributed by atoms with van der Waals surface area (Å²) >= 11 is 3.35. The lowest BCUT2D eigenvalue weighted by Crippen LogP contribution is -2.15. The molecule has 3 rings (SSSR count). The average molecular weight is 436 g/mol. The topological polar surface area (TPSA) is 56.2 Å². The van der Waals surface area contributed by atoms with E-state index in [2.05, 4.69) is 31.1 Å². The molecule has 0 spiro atoms. The number of ether oxygens (including phenoxy) is 1. The number of aryl methyl sites for hydroxylation is 1. The summed E-state index contributed by atoms with van der Waals surface area (Å²) in [5.41, 5.74) is 2.22. The third kappa shape index (κ3) is 4.91. The number of benzene rings is 2. The second kappa shape index (κ2) is 8.30. The molecule has 1 N–H and O–H groups in total. The molecule has 0 atom stereocenters. The zero-order valence-corrected chi connectivity index (χ0v) is 15.9. The Bertz CT molecular complexity index is 942. The average Bonchev–Trinajstić information content (AvgIpc) is 2.96. The predicted octanol–water partition coefficient (Wildman–Crippen LogP) is 4.86. The molecule has 0 fully saturated rings. The van der Waals surface area contributed by atoms with Crippen LogP contribution in [0.15, 0.2) is 59.2 Å². The summed E-state index contributed by atoms with van der Waals surface area (Å²) in [5.74, 6) is -0.494. The summed E-state index contributed by atoms with van der Waals surface area (Å²) in [7, 11) is 0. The van der Waals surface area contributed by atoms with E-state index in [1.807, 2.05) is 31.2 Å². The summed E-state index contributed by atoms with van der Waals surface area (Å²) in [6.45, 7) is -0.475. The highest BCUT2D eigenvalue weighted by atomic mass is 79.9. The zero-order valence-electron chi connectivity index (χ0n) is 14.3. The Morgan fingerprint density at radius 3 is 2.63 bits per heavy atom. The number of nitrogens with zero attached hydrogens (tertiary/aromatic N) is 2. The number of carbonyl (C=O) groups excluding carboxylic acids is 1. The molecule has 0 saturated heterocycles. The van der Waals surface area contributed by atoms with Crippen molar-refractivity contribution in [2.24, 2.45) is 0 Å². The summed E-state index contributed by atoms with van der Waals surface area (Å²) in [6, 6.07) is 13.8. The maximum absolute atomic E-state index is 12.5. The number of carbonyl (C=O) groups is 1. The van der Waals surface area contributed by atoms with Gasteiger partial charge < -0.3 is 10.1 Å². The molecule has 140 valence electrons. The Morgan fingerprint density at radius 1 is 1.22 bits per heavy atom. The van der Waals surface area contributed by atoms with Gasteiger partial charge in [-0.1, -0.05) is 42.0 Å². The van der Waals surface area contributed by atoms with E-state index < -0.39 is 12.5 Å². The van der Waals surface area contributed by atoms with Gasteiger partial charge in [0.1, 0.15) is 5.75 Å². The third-order valence-corrected chi connectivity index (χ3v) is 4.34. The molecule has 1 heterocycles. The number of nitrogens with one attached hydrogen (secondary N) is 1. The van der Waals surface area contributed by atoms with Crippen LogP contribution in [-0.4, -0.2) is 22.3 Å². The molecule has 0 aliphatic carbocycles. The lowest BCUT2D eigenvalue weighted by Gasteiger charge is -2.10. The highest BCUT2D eigenvalue weighted by molar-refractivity contribution is 9.10. The van der Waals surface area contributed by atoms with Crippen molar-refractivity contribution >= 4 is 27.7 Å². The van der Waals surface area contributed by atoms with E-state index in [-0.39, 0.29) is 11.3 Å². The largest absolute Gasteiger partial charge is 0.434 e. The van der Waals surface area contributed by atoms with Gasteiger partial charge in [0, 0.05) is 6.20 Å².